The van der Waals surface area contributed by atoms with E-state index in [-0.39, 0.29) is 39.2 Å². The van der Waals surface area contributed by atoms with Crippen LogP contribution in [0.3, 0.4) is 0 Å². The van der Waals surface area contributed by atoms with Gasteiger partial charge in [0.25, 0.3) is 5.91 Å². The molecule has 2 aromatic carbocycles. The van der Waals surface area contributed by atoms with Gasteiger partial charge >= 0.3 is 0 Å². The van der Waals surface area contributed by atoms with Crippen molar-refractivity contribution in [1.29, 1.82) is 0 Å². The highest BCUT2D eigenvalue weighted by Crippen LogP contribution is 2.45. The standard InChI is InChI=1S/C23H22Br2N2O3/c1-12-6-5-8-19(13(12)2)26-21(28)14-7-3-4-9-20(14)27-22(29)15-10-17(24)18(25)11-16(15)23(27)30/h3-9,15-18H,10-11H2,1-2H3,(H,26,28)/t15-,16-,17+,18+/m1/s1. The number of alkyl halides is 2. The number of carbonyl (C=O) groups excluding carboxylic acids is 3. The van der Waals surface area contributed by atoms with Gasteiger partial charge in [-0.2, -0.15) is 0 Å². The van der Waals surface area contributed by atoms with E-state index in [4.69, 9.17) is 0 Å². The summed E-state index contributed by atoms with van der Waals surface area (Å²) in [5.41, 5.74) is 3.43. The molecule has 7 heteroatoms. The lowest BCUT2D eigenvalue weighted by Crippen LogP contribution is -2.34. The molecule has 0 bridgehead atoms. The first kappa shape index (κ1) is 21.2. The minimum atomic E-state index is -0.356. The van der Waals surface area contributed by atoms with Crippen LogP contribution in [0.2, 0.25) is 0 Å². The van der Waals surface area contributed by atoms with E-state index in [2.05, 4.69) is 37.2 Å². The zero-order chi connectivity index (χ0) is 21.6. The van der Waals surface area contributed by atoms with Crippen molar-refractivity contribution in [2.75, 3.05) is 10.2 Å². The summed E-state index contributed by atoms with van der Waals surface area (Å²) in [5.74, 6) is -1.50. The van der Waals surface area contributed by atoms with Crippen LogP contribution in [0.25, 0.3) is 0 Å². The highest BCUT2D eigenvalue weighted by molar-refractivity contribution is 9.12. The number of para-hydroxylation sites is 1. The monoisotopic (exact) mass is 532 g/mol. The van der Waals surface area contributed by atoms with Crippen LogP contribution < -0.4 is 10.2 Å². The molecule has 1 saturated heterocycles. The maximum atomic E-state index is 13.2. The summed E-state index contributed by atoms with van der Waals surface area (Å²) in [4.78, 5) is 41.0. The number of anilines is 2. The van der Waals surface area contributed by atoms with Gasteiger partial charge in [0.05, 0.1) is 23.1 Å². The van der Waals surface area contributed by atoms with Gasteiger partial charge in [-0.05, 0) is 56.0 Å². The van der Waals surface area contributed by atoms with Crippen LogP contribution in [-0.4, -0.2) is 27.4 Å². The summed E-state index contributed by atoms with van der Waals surface area (Å²) >= 11 is 7.22. The van der Waals surface area contributed by atoms with Gasteiger partial charge in [-0.1, -0.05) is 56.1 Å². The smallest absolute Gasteiger partial charge is 0.257 e. The molecule has 2 fully saturated rings. The molecule has 1 aliphatic heterocycles. The molecule has 0 aromatic heterocycles. The number of rotatable bonds is 3. The number of hydrogen-bond acceptors (Lipinski definition) is 3. The van der Waals surface area contributed by atoms with E-state index >= 15 is 0 Å². The molecule has 2 aromatic rings. The van der Waals surface area contributed by atoms with Crippen molar-refractivity contribution in [1.82, 2.24) is 0 Å². The van der Waals surface area contributed by atoms with Crippen LogP contribution in [-0.2, 0) is 9.59 Å². The van der Waals surface area contributed by atoms with Gasteiger partial charge in [0.2, 0.25) is 11.8 Å². The Kier molecular flexibility index (Phi) is 5.86. The van der Waals surface area contributed by atoms with Gasteiger partial charge in [-0.15, -0.1) is 0 Å². The maximum absolute atomic E-state index is 13.2. The van der Waals surface area contributed by atoms with E-state index in [1.807, 2.05) is 32.0 Å². The Balaban J connectivity index is 1.67. The summed E-state index contributed by atoms with van der Waals surface area (Å²) in [6, 6.07) is 12.5. The van der Waals surface area contributed by atoms with Crippen LogP contribution in [0, 0.1) is 25.7 Å². The minimum absolute atomic E-state index is 0.137. The largest absolute Gasteiger partial charge is 0.322 e. The van der Waals surface area contributed by atoms with Crippen LogP contribution in [0.4, 0.5) is 11.4 Å². The van der Waals surface area contributed by atoms with Crippen LogP contribution >= 0.6 is 31.9 Å². The summed E-state index contributed by atoms with van der Waals surface area (Å²) in [6.07, 6.45) is 1.19. The van der Waals surface area contributed by atoms with Crippen LogP contribution in [0.1, 0.15) is 34.3 Å². The molecule has 0 radical (unpaired) electrons. The number of aryl methyl sites for hydroxylation is 1. The molecule has 30 heavy (non-hydrogen) atoms. The third-order valence-corrected chi connectivity index (χ3v) is 8.89. The number of nitrogens with one attached hydrogen (secondary N) is 1. The first-order chi connectivity index (χ1) is 14.3. The Labute approximate surface area is 192 Å². The fourth-order valence-electron chi connectivity index (χ4n) is 4.27. The first-order valence-electron chi connectivity index (χ1n) is 9.92. The summed E-state index contributed by atoms with van der Waals surface area (Å²) < 4.78 is 0. The molecule has 1 heterocycles. The lowest BCUT2D eigenvalue weighted by Gasteiger charge is -2.29. The number of benzene rings is 2. The number of halogens is 2. The Hall–Kier alpha value is -1.99. The SMILES string of the molecule is Cc1cccc(NC(=O)c2ccccc2N2C(=O)[C@@H]3C[C@H](Br)[C@@H](Br)C[C@H]3C2=O)c1C. The predicted octanol–water partition coefficient (Wildman–Crippen LogP) is 4.98. The number of nitrogens with zero attached hydrogens (tertiary/aromatic N) is 1. The highest BCUT2D eigenvalue weighted by atomic mass is 79.9. The topological polar surface area (TPSA) is 66.5 Å². The fraction of sp³-hybridized carbons (Fsp3) is 0.348. The molecule has 5 nitrogen and oxygen atoms in total. The van der Waals surface area contributed by atoms with Crippen LogP contribution in [0.15, 0.2) is 42.5 Å². The van der Waals surface area contributed by atoms with Gasteiger partial charge in [0.1, 0.15) is 0 Å². The molecule has 4 atom stereocenters. The third-order valence-electron chi connectivity index (χ3n) is 6.15. The Morgan fingerprint density at radius 3 is 2.17 bits per heavy atom. The average molecular weight is 534 g/mol. The number of carbonyl (C=O) groups is 3. The first-order valence-corrected chi connectivity index (χ1v) is 11.7. The quantitative estimate of drug-likeness (QED) is 0.447. The van der Waals surface area contributed by atoms with E-state index in [1.54, 1.807) is 24.3 Å². The molecule has 0 unspecified atom stereocenters. The summed E-state index contributed by atoms with van der Waals surface area (Å²) in [7, 11) is 0. The van der Waals surface area contributed by atoms with Crippen molar-refractivity contribution in [2.45, 2.75) is 36.3 Å². The number of amides is 3. The second kappa shape index (κ2) is 8.27. The van der Waals surface area contributed by atoms with Crippen molar-refractivity contribution >= 4 is 61.0 Å². The molecule has 3 amide bonds. The van der Waals surface area contributed by atoms with E-state index in [0.29, 0.717) is 29.8 Å². The lowest BCUT2D eigenvalue weighted by molar-refractivity contribution is -0.122. The van der Waals surface area contributed by atoms with Gasteiger partial charge in [-0.3, -0.25) is 14.4 Å². The number of imide groups is 1. The molecule has 1 N–H and O–H groups in total. The molecule has 4 rings (SSSR count). The molecular formula is C23H22Br2N2O3. The van der Waals surface area contributed by atoms with Crippen molar-refractivity contribution in [3.8, 4) is 0 Å². The molecule has 1 aliphatic carbocycles. The van der Waals surface area contributed by atoms with Gasteiger partial charge in [0, 0.05) is 15.3 Å². The predicted molar refractivity (Wildman–Crippen MR) is 124 cm³/mol. The maximum Gasteiger partial charge on any atom is 0.257 e. The summed E-state index contributed by atoms with van der Waals surface area (Å²) in [6.45, 7) is 3.93. The molecule has 156 valence electrons. The zero-order valence-corrected chi connectivity index (χ0v) is 19.9. The Bertz CT molecular complexity index is 1010. The van der Waals surface area contributed by atoms with Crippen molar-refractivity contribution in [3.05, 3.63) is 59.2 Å². The van der Waals surface area contributed by atoms with E-state index in [0.717, 1.165) is 11.1 Å². The van der Waals surface area contributed by atoms with Crippen molar-refractivity contribution < 1.29 is 14.4 Å². The van der Waals surface area contributed by atoms with Gasteiger partial charge in [-0.25, -0.2) is 4.90 Å². The minimum Gasteiger partial charge on any atom is -0.322 e. The Morgan fingerprint density at radius 1 is 0.933 bits per heavy atom. The molecular weight excluding hydrogens is 512 g/mol. The zero-order valence-electron chi connectivity index (χ0n) is 16.7. The van der Waals surface area contributed by atoms with E-state index in [9.17, 15) is 14.4 Å². The van der Waals surface area contributed by atoms with Crippen molar-refractivity contribution in [3.63, 3.8) is 0 Å². The summed E-state index contributed by atoms with van der Waals surface area (Å²) in [5, 5.41) is 2.93. The van der Waals surface area contributed by atoms with Crippen molar-refractivity contribution in [2.24, 2.45) is 11.8 Å². The Morgan fingerprint density at radius 2 is 1.53 bits per heavy atom. The molecule has 2 aliphatic rings. The van der Waals surface area contributed by atoms with Crippen LogP contribution in [0.5, 0.6) is 0 Å². The number of hydrogen-bond donors (Lipinski definition) is 1. The second-order valence-electron chi connectivity index (χ2n) is 7.95. The van der Waals surface area contributed by atoms with E-state index in [1.165, 1.54) is 4.90 Å². The number of fused-ring (bicyclic) bond motifs is 1. The average Bonchev–Trinajstić information content (AvgIpc) is 2.95. The van der Waals surface area contributed by atoms with Gasteiger partial charge < -0.3 is 5.32 Å². The highest BCUT2D eigenvalue weighted by Gasteiger charge is 2.52. The third kappa shape index (κ3) is 3.62. The van der Waals surface area contributed by atoms with E-state index < -0.39 is 0 Å². The van der Waals surface area contributed by atoms with Gasteiger partial charge in [0.15, 0.2) is 0 Å². The normalized spacial score (nSPS) is 25.9. The lowest BCUT2D eigenvalue weighted by atomic mass is 9.81. The second-order valence-corrected chi connectivity index (χ2v) is 10.3. The molecule has 1 saturated carbocycles. The molecule has 0 spiro atoms. The fourth-order valence-corrected chi connectivity index (χ4v) is 5.51.